The molecule has 3 rings (SSSR count). The summed E-state index contributed by atoms with van der Waals surface area (Å²) in [5.41, 5.74) is 5.49. The highest BCUT2D eigenvalue weighted by molar-refractivity contribution is 6.12. The van der Waals surface area contributed by atoms with Crippen LogP contribution >= 0.6 is 0 Å². The summed E-state index contributed by atoms with van der Waals surface area (Å²) in [5.74, 6) is 0. The van der Waals surface area contributed by atoms with Crippen molar-refractivity contribution in [2.24, 2.45) is 0 Å². The molecule has 0 atom stereocenters. The minimum atomic E-state index is 0. The van der Waals surface area contributed by atoms with E-state index in [1.54, 1.807) is 0 Å². The second-order valence-electron chi connectivity index (χ2n) is 6.69. The zero-order valence-corrected chi connectivity index (χ0v) is 17.3. The van der Waals surface area contributed by atoms with Crippen LogP contribution in [0.3, 0.4) is 0 Å². The molecule has 2 nitrogen and oxygen atoms in total. The maximum atomic E-state index is 2.56. The Bertz CT molecular complexity index is 718. The molecular formula is C22H27IN2. The minimum absolute atomic E-state index is 0. The minimum Gasteiger partial charge on any atom is -1.00 e. The van der Waals surface area contributed by atoms with Crippen LogP contribution in [0, 0.1) is 0 Å². The van der Waals surface area contributed by atoms with E-state index in [1.807, 2.05) is 0 Å². The zero-order chi connectivity index (χ0) is 16.8. The molecule has 0 saturated carbocycles. The molecule has 1 aliphatic heterocycles. The Hall–Kier alpha value is -1.46. The van der Waals surface area contributed by atoms with Crippen LogP contribution in [0.4, 0.5) is 0 Å². The zero-order valence-electron chi connectivity index (χ0n) is 15.2. The van der Waals surface area contributed by atoms with E-state index in [0.717, 1.165) is 26.1 Å². The summed E-state index contributed by atoms with van der Waals surface area (Å²) in [7, 11) is 4.29. The van der Waals surface area contributed by atoms with Crippen LogP contribution in [0.5, 0.6) is 0 Å². The van der Waals surface area contributed by atoms with Crippen molar-refractivity contribution in [3.63, 3.8) is 0 Å². The highest BCUT2D eigenvalue weighted by atomic mass is 127. The van der Waals surface area contributed by atoms with Gasteiger partial charge in [-0.2, -0.15) is 0 Å². The molecule has 3 heteroatoms. The number of rotatable bonds is 6. The Labute approximate surface area is 168 Å². The molecule has 0 amide bonds. The molecule has 0 aromatic heterocycles. The van der Waals surface area contributed by atoms with E-state index >= 15 is 0 Å². The van der Waals surface area contributed by atoms with Crippen molar-refractivity contribution in [2.75, 3.05) is 33.7 Å². The molecule has 0 N–H and O–H groups in total. The van der Waals surface area contributed by atoms with E-state index < -0.39 is 0 Å². The van der Waals surface area contributed by atoms with Crippen molar-refractivity contribution in [1.82, 2.24) is 4.90 Å². The molecule has 25 heavy (non-hydrogen) atoms. The molecule has 0 bridgehead atoms. The molecule has 1 aliphatic rings. The summed E-state index contributed by atoms with van der Waals surface area (Å²) in [6.45, 7) is 3.38. The molecule has 132 valence electrons. The predicted molar refractivity (Wildman–Crippen MR) is 103 cm³/mol. The number of hydrogen-bond acceptors (Lipinski definition) is 1. The van der Waals surface area contributed by atoms with Crippen LogP contribution in [0.2, 0.25) is 0 Å². The largest absolute Gasteiger partial charge is 1.00 e. The number of nitrogens with zero attached hydrogens (tertiary/aromatic N) is 2. The lowest BCUT2D eigenvalue weighted by atomic mass is 10.00. The monoisotopic (exact) mass is 446 g/mol. The van der Waals surface area contributed by atoms with E-state index in [9.17, 15) is 0 Å². The average molecular weight is 446 g/mol. The summed E-state index contributed by atoms with van der Waals surface area (Å²) in [5, 5.41) is 0. The number of hydrogen-bond donors (Lipinski definition) is 0. The number of benzene rings is 2. The van der Waals surface area contributed by atoms with Crippen LogP contribution in [0.1, 0.15) is 24.0 Å². The molecule has 0 fully saturated rings. The Morgan fingerprint density at radius 1 is 0.960 bits per heavy atom. The van der Waals surface area contributed by atoms with Gasteiger partial charge in [0.1, 0.15) is 13.1 Å². The fourth-order valence-corrected chi connectivity index (χ4v) is 3.35. The standard InChI is InChI=1S/C22H27N2.HI/c1-23(2)15-9-16-24-17-14-21(18-19-10-5-3-6-11-19)22(24)20-12-7-4-8-13-20;/h3-8,10-13,18H,9,14-17H2,1-2H3;1H/q+1;/p-1/b21-18-;. The van der Waals surface area contributed by atoms with Gasteiger partial charge >= 0.3 is 0 Å². The van der Waals surface area contributed by atoms with Gasteiger partial charge in [-0.1, -0.05) is 48.5 Å². The third kappa shape index (κ3) is 5.51. The Kier molecular flexibility index (Phi) is 7.85. The van der Waals surface area contributed by atoms with E-state index in [1.165, 1.54) is 28.8 Å². The summed E-state index contributed by atoms with van der Waals surface area (Å²) >= 11 is 0. The first-order chi connectivity index (χ1) is 11.7. The summed E-state index contributed by atoms with van der Waals surface area (Å²) < 4.78 is 2.56. The third-order valence-electron chi connectivity index (χ3n) is 4.49. The average Bonchev–Trinajstić information content (AvgIpc) is 2.99. The van der Waals surface area contributed by atoms with Crippen LogP contribution < -0.4 is 24.0 Å². The molecular weight excluding hydrogens is 419 g/mol. The van der Waals surface area contributed by atoms with Gasteiger partial charge in [0, 0.05) is 30.5 Å². The van der Waals surface area contributed by atoms with E-state index in [2.05, 4.69) is 90.3 Å². The van der Waals surface area contributed by atoms with Crippen molar-refractivity contribution in [2.45, 2.75) is 12.8 Å². The predicted octanol–water partition coefficient (Wildman–Crippen LogP) is 0.931. The topological polar surface area (TPSA) is 6.25 Å². The van der Waals surface area contributed by atoms with Gasteiger partial charge in [0.25, 0.3) is 0 Å². The van der Waals surface area contributed by atoms with Crippen molar-refractivity contribution >= 4 is 11.8 Å². The van der Waals surface area contributed by atoms with Crippen molar-refractivity contribution in [3.05, 3.63) is 77.4 Å². The summed E-state index contributed by atoms with van der Waals surface area (Å²) in [6, 6.07) is 21.5. The highest BCUT2D eigenvalue weighted by Gasteiger charge is 2.28. The molecule has 2 aromatic rings. The Morgan fingerprint density at radius 2 is 1.60 bits per heavy atom. The Morgan fingerprint density at radius 3 is 2.24 bits per heavy atom. The summed E-state index contributed by atoms with van der Waals surface area (Å²) in [6.07, 6.45) is 4.68. The molecule has 1 heterocycles. The van der Waals surface area contributed by atoms with Crippen molar-refractivity contribution in [3.8, 4) is 0 Å². The number of halogens is 1. The van der Waals surface area contributed by atoms with Gasteiger partial charge in [-0.25, -0.2) is 4.58 Å². The van der Waals surface area contributed by atoms with Crippen molar-refractivity contribution in [1.29, 1.82) is 0 Å². The van der Waals surface area contributed by atoms with Crippen LogP contribution in [0.25, 0.3) is 6.08 Å². The van der Waals surface area contributed by atoms with Gasteiger partial charge in [0.05, 0.1) is 0 Å². The van der Waals surface area contributed by atoms with Crippen LogP contribution in [-0.4, -0.2) is 48.9 Å². The van der Waals surface area contributed by atoms with Gasteiger partial charge in [-0.15, -0.1) is 0 Å². The molecule has 0 radical (unpaired) electrons. The Balaban J connectivity index is 0.00000225. The van der Waals surface area contributed by atoms with Gasteiger partial charge in [0.15, 0.2) is 0 Å². The summed E-state index contributed by atoms with van der Waals surface area (Å²) in [4.78, 5) is 2.26. The lowest BCUT2D eigenvalue weighted by Gasteiger charge is -2.08. The lowest BCUT2D eigenvalue weighted by Crippen LogP contribution is -3.00. The lowest BCUT2D eigenvalue weighted by molar-refractivity contribution is -0.520. The quantitative estimate of drug-likeness (QED) is 0.473. The maximum absolute atomic E-state index is 2.56. The molecule has 2 aromatic carbocycles. The second-order valence-corrected chi connectivity index (χ2v) is 6.69. The molecule has 0 spiro atoms. The second kappa shape index (κ2) is 9.88. The third-order valence-corrected chi connectivity index (χ3v) is 4.49. The van der Waals surface area contributed by atoms with Crippen LogP contribution in [-0.2, 0) is 0 Å². The van der Waals surface area contributed by atoms with Gasteiger partial charge in [-0.3, -0.25) is 0 Å². The van der Waals surface area contributed by atoms with Gasteiger partial charge in [0.2, 0.25) is 5.71 Å². The maximum Gasteiger partial charge on any atom is 0.210 e. The smallest absolute Gasteiger partial charge is 0.210 e. The SMILES string of the molecule is CN(C)CCC[N+]1=C(c2ccccc2)/C(=C\c2ccccc2)CC1.[I-]. The molecule has 0 saturated heterocycles. The molecule has 0 unspecified atom stereocenters. The first-order valence-corrected chi connectivity index (χ1v) is 8.82. The first-order valence-electron chi connectivity index (χ1n) is 8.82. The highest BCUT2D eigenvalue weighted by Crippen LogP contribution is 2.22. The first kappa shape index (κ1) is 19.9. The van der Waals surface area contributed by atoms with Crippen molar-refractivity contribution < 1.29 is 28.6 Å². The van der Waals surface area contributed by atoms with Gasteiger partial charge in [-0.05, 0) is 37.9 Å². The van der Waals surface area contributed by atoms with Gasteiger partial charge < -0.3 is 28.9 Å². The normalized spacial score (nSPS) is 15.7. The molecule has 0 aliphatic carbocycles. The van der Waals surface area contributed by atoms with E-state index in [0.29, 0.717) is 0 Å². The fourth-order valence-electron chi connectivity index (χ4n) is 3.35. The fraction of sp³-hybridized carbons (Fsp3) is 0.318. The van der Waals surface area contributed by atoms with Crippen LogP contribution in [0.15, 0.2) is 66.2 Å². The van der Waals surface area contributed by atoms with E-state index in [4.69, 9.17) is 0 Å². The van der Waals surface area contributed by atoms with E-state index in [-0.39, 0.29) is 24.0 Å².